The first-order valence-corrected chi connectivity index (χ1v) is 14.0. The molecule has 8 heteroatoms. The fourth-order valence-corrected chi connectivity index (χ4v) is 6.13. The highest BCUT2D eigenvalue weighted by molar-refractivity contribution is 7.98. The molecule has 0 unspecified atom stereocenters. The quantitative estimate of drug-likeness (QED) is 0.325. The van der Waals surface area contributed by atoms with Crippen LogP contribution in [-0.2, 0) is 5.75 Å². The number of benzene rings is 2. The van der Waals surface area contributed by atoms with Crippen LogP contribution in [0.25, 0.3) is 0 Å². The van der Waals surface area contributed by atoms with Gasteiger partial charge in [-0.2, -0.15) is 15.0 Å². The van der Waals surface area contributed by atoms with Gasteiger partial charge in [0.25, 0.3) is 0 Å². The van der Waals surface area contributed by atoms with Crippen molar-refractivity contribution in [2.45, 2.75) is 35.4 Å². The normalized spacial score (nSPS) is 17.3. The molecule has 1 atom stereocenters. The van der Waals surface area contributed by atoms with Crippen molar-refractivity contribution < 1.29 is 0 Å². The number of fused-ring (bicyclic) bond motifs is 2. The Bertz CT molecular complexity index is 1140. The minimum atomic E-state index is 0.362. The van der Waals surface area contributed by atoms with Crippen LogP contribution >= 0.6 is 11.8 Å². The summed E-state index contributed by atoms with van der Waals surface area (Å²) in [5.74, 6) is 3.21. The molecule has 2 aliphatic rings. The minimum Gasteiger partial charge on any atom is -0.351 e. The molecule has 0 spiro atoms. The summed E-state index contributed by atoms with van der Waals surface area (Å²) >= 11 is 1.95. The van der Waals surface area contributed by atoms with Crippen molar-refractivity contribution in [3.63, 3.8) is 0 Å². The average molecular weight is 514 g/mol. The number of aromatic nitrogens is 3. The molecule has 2 aromatic carbocycles. The van der Waals surface area contributed by atoms with Crippen molar-refractivity contribution in [1.82, 2.24) is 20.3 Å². The number of nitrogens with one attached hydrogen (secondary N) is 3. The molecule has 192 valence electrons. The molecule has 3 heterocycles. The van der Waals surface area contributed by atoms with Gasteiger partial charge in [-0.25, -0.2) is 0 Å². The lowest BCUT2D eigenvalue weighted by atomic mass is 9.88. The predicted molar refractivity (Wildman–Crippen MR) is 155 cm³/mol. The van der Waals surface area contributed by atoms with Gasteiger partial charge in [0.2, 0.25) is 17.8 Å². The molecule has 1 saturated heterocycles. The Kier molecular flexibility index (Phi) is 8.38. The van der Waals surface area contributed by atoms with Crippen molar-refractivity contribution >= 4 is 29.6 Å². The van der Waals surface area contributed by atoms with Crippen LogP contribution in [0.4, 0.5) is 17.8 Å². The van der Waals surface area contributed by atoms with Crippen LogP contribution in [0.5, 0.6) is 0 Å². The van der Waals surface area contributed by atoms with Crippen LogP contribution in [0.15, 0.2) is 78.7 Å². The smallest absolute Gasteiger partial charge is 0.231 e. The second-order valence-electron chi connectivity index (χ2n) is 9.37. The molecule has 0 bridgehead atoms. The van der Waals surface area contributed by atoms with Gasteiger partial charge in [-0.05, 0) is 35.6 Å². The average Bonchev–Trinajstić information content (AvgIpc) is 3.11. The van der Waals surface area contributed by atoms with Crippen LogP contribution in [0, 0.1) is 0 Å². The van der Waals surface area contributed by atoms with E-state index < -0.39 is 0 Å². The van der Waals surface area contributed by atoms with E-state index in [4.69, 9.17) is 0 Å². The van der Waals surface area contributed by atoms with E-state index >= 15 is 0 Å². The van der Waals surface area contributed by atoms with Gasteiger partial charge in [0.1, 0.15) is 0 Å². The van der Waals surface area contributed by atoms with Gasteiger partial charge in [0, 0.05) is 55.3 Å². The maximum Gasteiger partial charge on any atom is 0.231 e. The summed E-state index contributed by atoms with van der Waals surface area (Å²) in [6, 6.07) is 18.3. The molecule has 0 aliphatic carbocycles. The highest BCUT2D eigenvalue weighted by Gasteiger charge is 2.26. The molecule has 5 rings (SSSR count). The van der Waals surface area contributed by atoms with Gasteiger partial charge in [-0.3, -0.25) is 0 Å². The molecule has 7 nitrogen and oxygen atoms in total. The van der Waals surface area contributed by atoms with Gasteiger partial charge in [0.15, 0.2) is 0 Å². The molecule has 1 aromatic heterocycles. The van der Waals surface area contributed by atoms with E-state index in [9.17, 15) is 0 Å². The van der Waals surface area contributed by atoms with Crippen molar-refractivity contribution in [3.05, 3.63) is 90.5 Å². The molecule has 3 N–H and O–H groups in total. The molecule has 3 aromatic rings. The number of hydrogen-bond acceptors (Lipinski definition) is 8. The van der Waals surface area contributed by atoms with Crippen LogP contribution in [0.1, 0.15) is 35.4 Å². The Balaban J connectivity index is 1.25. The highest BCUT2D eigenvalue weighted by atomic mass is 32.2. The van der Waals surface area contributed by atoms with E-state index in [0.29, 0.717) is 42.9 Å². The van der Waals surface area contributed by atoms with Crippen molar-refractivity contribution in [2.24, 2.45) is 0 Å². The zero-order chi connectivity index (χ0) is 25.5. The minimum absolute atomic E-state index is 0.362. The summed E-state index contributed by atoms with van der Waals surface area (Å²) in [7, 11) is 0. The van der Waals surface area contributed by atoms with E-state index in [0.717, 1.165) is 38.2 Å². The van der Waals surface area contributed by atoms with Crippen LogP contribution in [-0.4, -0.2) is 53.7 Å². The number of nitrogens with zero attached hydrogens (tertiary/aromatic N) is 4. The SMILES string of the molecule is C=CCNc1nc(NCC=C)nc(N2CCC(NC[C@H]3c4ccccc4CSc4ccccc43)CC2)n1. The molecule has 0 radical (unpaired) electrons. The second-order valence-corrected chi connectivity index (χ2v) is 10.4. The number of anilines is 3. The van der Waals surface area contributed by atoms with Gasteiger partial charge in [-0.1, -0.05) is 54.6 Å². The second kappa shape index (κ2) is 12.3. The lowest BCUT2D eigenvalue weighted by Crippen LogP contribution is -2.44. The first-order valence-electron chi connectivity index (χ1n) is 13.0. The van der Waals surface area contributed by atoms with Crippen molar-refractivity contribution in [3.8, 4) is 0 Å². The van der Waals surface area contributed by atoms with E-state index in [-0.39, 0.29) is 0 Å². The molecule has 0 amide bonds. The van der Waals surface area contributed by atoms with Gasteiger partial charge in [-0.15, -0.1) is 24.9 Å². The summed E-state index contributed by atoms with van der Waals surface area (Å²) in [5, 5.41) is 10.3. The molecule has 2 aliphatic heterocycles. The Labute approximate surface area is 223 Å². The van der Waals surface area contributed by atoms with E-state index in [1.165, 1.54) is 21.6 Å². The zero-order valence-corrected chi connectivity index (χ0v) is 22.0. The molecule has 37 heavy (non-hydrogen) atoms. The molecule has 1 fully saturated rings. The predicted octanol–water partition coefficient (Wildman–Crippen LogP) is 5.06. The standard InChI is InChI=1S/C29H35N7S/c1-3-15-30-27-33-28(31-16-4-2)35-29(34-27)36-17-13-22(14-18-36)32-19-25-23-10-6-5-9-21(23)20-37-26-12-8-7-11-24(25)26/h3-12,22,25,32H,1-2,13-20H2,(H2,30,31,33,34,35)/t25-/m0/s1. The Hall–Kier alpha value is -3.36. The van der Waals surface area contributed by atoms with E-state index in [2.05, 4.69) is 97.5 Å². The molecular weight excluding hydrogens is 478 g/mol. The number of piperidine rings is 1. The highest BCUT2D eigenvalue weighted by Crippen LogP contribution is 2.40. The van der Waals surface area contributed by atoms with Crippen molar-refractivity contribution in [2.75, 3.05) is 48.3 Å². The summed E-state index contributed by atoms with van der Waals surface area (Å²) in [5.41, 5.74) is 4.34. The molecular formula is C29H35N7S. The third-order valence-electron chi connectivity index (χ3n) is 6.93. The summed E-state index contributed by atoms with van der Waals surface area (Å²) in [4.78, 5) is 17.4. The van der Waals surface area contributed by atoms with E-state index in [1.807, 2.05) is 11.8 Å². The maximum absolute atomic E-state index is 4.66. The zero-order valence-electron chi connectivity index (χ0n) is 21.2. The fraction of sp³-hybridized carbons (Fsp3) is 0.345. The Morgan fingerprint density at radius 2 is 1.51 bits per heavy atom. The monoisotopic (exact) mass is 513 g/mol. The van der Waals surface area contributed by atoms with Crippen LogP contribution in [0.2, 0.25) is 0 Å². The van der Waals surface area contributed by atoms with Gasteiger partial charge in [0.05, 0.1) is 0 Å². The van der Waals surface area contributed by atoms with Gasteiger partial charge < -0.3 is 20.9 Å². The summed E-state index contributed by atoms with van der Waals surface area (Å²) in [6.07, 6.45) is 5.67. The Morgan fingerprint density at radius 3 is 2.22 bits per heavy atom. The largest absolute Gasteiger partial charge is 0.351 e. The lowest BCUT2D eigenvalue weighted by molar-refractivity contribution is 0.406. The lowest BCUT2D eigenvalue weighted by Gasteiger charge is -2.33. The Morgan fingerprint density at radius 1 is 0.865 bits per heavy atom. The fourth-order valence-electron chi connectivity index (χ4n) is 5.01. The third kappa shape index (κ3) is 6.14. The summed E-state index contributed by atoms with van der Waals surface area (Å²) < 4.78 is 0. The van der Waals surface area contributed by atoms with E-state index in [1.54, 1.807) is 12.2 Å². The molecule has 0 saturated carbocycles. The number of thioether (sulfide) groups is 1. The first-order chi connectivity index (χ1) is 18.2. The van der Waals surface area contributed by atoms with Crippen LogP contribution in [0.3, 0.4) is 0 Å². The topological polar surface area (TPSA) is 78.0 Å². The first kappa shape index (κ1) is 25.3. The summed E-state index contributed by atoms with van der Waals surface area (Å²) in [6.45, 7) is 11.5. The number of rotatable bonds is 10. The maximum atomic E-state index is 4.66. The van der Waals surface area contributed by atoms with Gasteiger partial charge >= 0.3 is 0 Å². The third-order valence-corrected chi connectivity index (χ3v) is 8.07. The number of hydrogen-bond donors (Lipinski definition) is 3. The van der Waals surface area contributed by atoms with Crippen LogP contribution < -0.4 is 20.9 Å². The van der Waals surface area contributed by atoms with Crippen molar-refractivity contribution in [1.29, 1.82) is 0 Å².